The molecule has 2 aromatic rings. The first-order valence-electron chi connectivity index (χ1n) is 10.9. The molecule has 4 rings (SSSR count). The summed E-state index contributed by atoms with van der Waals surface area (Å²) < 4.78 is 31.0. The highest BCUT2D eigenvalue weighted by atomic mass is 35.5. The highest BCUT2D eigenvalue weighted by Crippen LogP contribution is 2.27. The highest BCUT2D eigenvalue weighted by Gasteiger charge is 2.23. The van der Waals surface area contributed by atoms with Gasteiger partial charge in [0.2, 0.25) is 10.0 Å². The van der Waals surface area contributed by atoms with Crippen molar-refractivity contribution in [1.82, 2.24) is 9.29 Å². The molecule has 0 saturated carbocycles. The molecule has 6 nitrogen and oxygen atoms in total. The Hall–Kier alpha value is -1.83. The van der Waals surface area contributed by atoms with Gasteiger partial charge < -0.3 is 9.64 Å². The number of hydrogen-bond acceptors (Lipinski definition) is 5. The Morgan fingerprint density at radius 1 is 1.13 bits per heavy atom. The summed E-state index contributed by atoms with van der Waals surface area (Å²) in [5, 5.41) is 0.674. The molecule has 0 spiro atoms. The van der Waals surface area contributed by atoms with Crippen LogP contribution in [0.1, 0.15) is 36.8 Å². The van der Waals surface area contributed by atoms with Crippen LogP contribution in [-0.2, 0) is 23.0 Å². The molecule has 168 valence electrons. The smallest absolute Gasteiger partial charge is 0.211 e. The van der Waals surface area contributed by atoms with Gasteiger partial charge in [-0.3, -0.25) is 0 Å². The summed E-state index contributed by atoms with van der Waals surface area (Å²) in [7, 11) is -3.14. The molecule has 0 unspecified atom stereocenters. The minimum Gasteiger partial charge on any atom is -0.494 e. The minimum atomic E-state index is -3.14. The lowest BCUT2D eigenvalue weighted by atomic mass is 9.92. The van der Waals surface area contributed by atoms with E-state index in [9.17, 15) is 8.42 Å². The standard InChI is InChI=1S/C23H30ClN3O3S/c1-31(28,29)27-13-10-19-15-22(6-4-20(19)17-27)30-14-2-3-18-8-11-26(12-9-18)23-7-5-21(24)16-25-23/h4-7,15-16,18H,2-3,8-14,17H2,1H3. The SMILES string of the molecule is CS(=O)(=O)N1CCc2cc(OCCCC3CCN(c4ccc(Cl)cn4)CC3)ccc2C1. The Bertz CT molecular complexity index is 990. The molecule has 0 aliphatic carbocycles. The Kier molecular flexibility index (Phi) is 7.04. The summed E-state index contributed by atoms with van der Waals surface area (Å²) >= 11 is 5.93. The molecule has 1 saturated heterocycles. The number of piperidine rings is 1. The summed E-state index contributed by atoms with van der Waals surface area (Å²) in [4.78, 5) is 6.76. The summed E-state index contributed by atoms with van der Waals surface area (Å²) in [6.45, 7) is 3.79. The maximum absolute atomic E-state index is 11.8. The van der Waals surface area contributed by atoms with E-state index in [1.807, 2.05) is 24.3 Å². The van der Waals surface area contributed by atoms with Crippen molar-refractivity contribution in [3.05, 3.63) is 52.7 Å². The Labute approximate surface area is 190 Å². The van der Waals surface area contributed by atoms with Crippen molar-refractivity contribution in [3.63, 3.8) is 0 Å². The zero-order valence-electron chi connectivity index (χ0n) is 18.0. The van der Waals surface area contributed by atoms with Crippen LogP contribution in [-0.4, -0.2) is 50.2 Å². The number of hydrogen-bond donors (Lipinski definition) is 0. The van der Waals surface area contributed by atoms with Gasteiger partial charge >= 0.3 is 0 Å². The van der Waals surface area contributed by atoms with E-state index in [4.69, 9.17) is 16.3 Å². The molecule has 8 heteroatoms. The molecule has 0 radical (unpaired) electrons. The maximum Gasteiger partial charge on any atom is 0.211 e. The Morgan fingerprint density at radius 2 is 1.94 bits per heavy atom. The topological polar surface area (TPSA) is 62.7 Å². The summed E-state index contributed by atoms with van der Waals surface area (Å²) in [6.07, 6.45) is 8.30. The van der Waals surface area contributed by atoms with Crippen LogP contribution in [0.15, 0.2) is 36.5 Å². The quantitative estimate of drug-likeness (QED) is 0.578. The lowest BCUT2D eigenvalue weighted by Gasteiger charge is -2.32. The fraction of sp³-hybridized carbons (Fsp3) is 0.522. The van der Waals surface area contributed by atoms with Gasteiger partial charge in [-0.1, -0.05) is 17.7 Å². The molecule has 0 N–H and O–H groups in total. The van der Waals surface area contributed by atoms with Gasteiger partial charge in [0.15, 0.2) is 0 Å². The van der Waals surface area contributed by atoms with Crippen LogP contribution in [0.3, 0.4) is 0 Å². The van der Waals surface area contributed by atoms with Crippen LogP contribution >= 0.6 is 11.6 Å². The van der Waals surface area contributed by atoms with Gasteiger partial charge in [-0.2, -0.15) is 4.31 Å². The number of benzene rings is 1. The van der Waals surface area contributed by atoms with Crippen LogP contribution in [0.25, 0.3) is 0 Å². The van der Waals surface area contributed by atoms with Crippen molar-refractivity contribution in [2.24, 2.45) is 5.92 Å². The van der Waals surface area contributed by atoms with Gasteiger partial charge in [0.05, 0.1) is 17.9 Å². The van der Waals surface area contributed by atoms with Crippen LogP contribution in [0.2, 0.25) is 5.02 Å². The number of ether oxygens (including phenoxy) is 1. The van der Waals surface area contributed by atoms with E-state index < -0.39 is 10.0 Å². The van der Waals surface area contributed by atoms with Gasteiger partial charge in [-0.25, -0.2) is 13.4 Å². The van der Waals surface area contributed by atoms with Gasteiger partial charge in [-0.15, -0.1) is 0 Å². The fourth-order valence-electron chi connectivity index (χ4n) is 4.44. The van der Waals surface area contributed by atoms with Crippen molar-refractivity contribution in [3.8, 4) is 5.75 Å². The Morgan fingerprint density at radius 3 is 2.65 bits per heavy atom. The molecular formula is C23H30ClN3O3S. The van der Waals surface area contributed by atoms with E-state index in [1.165, 1.54) is 35.4 Å². The number of rotatable bonds is 7. The van der Waals surface area contributed by atoms with E-state index in [-0.39, 0.29) is 0 Å². The number of halogens is 1. The first-order chi connectivity index (χ1) is 14.9. The predicted octanol–water partition coefficient (Wildman–Crippen LogP) is 4.13. The summed E-state index contributed by atoms with van der Waals surface area (Å²) in [6, 6.07) is 9.93. The molecule has 1 aromatic heterocycles. The van der Waals surface area contributed by atoms with Crippen molar-refractivity contribution >= 4 is 27.4 Å². The molecule has 1 aromatic carbocycles. The second kappa shape index (κ2) is 9.76. The van der Waals surface area contributed by atoms with E-state index in [1.54, 1.807) is 6.20 Å². The molecule has 2 aliphatic rings. The third-order valence-corrected chi connectivity index (χ3v) is 7.77. The second-order valence-corrected chi connectivity index (χ2v) is 11.0. The average molecular weight is 464 g/mol. The molecule has 31 heavy (non-hydrogen) atoms. The van der Waals surface area contributed by atoms with E-state index in [0.717, 1.165) is 49.0 Å². The molecule has 2 aliphatic heterocycles. The van der Waals surface area contributed by atoms with E-state index >= 15 is 0 Å². The average Bonchev–Trinajstić information content (AvgIpc) is 2.77. The van der Waals surface area contributed by atoms with Crippen molar-refractivity contribution in [1.29, 1.82) is 0 Å². The number of fused-ring (bicyclic) bond motifs is 1. The molecular weight excluding hydrogens is 434 g/mol. The van der Waals surface area contributed by atoms with Gasteiger partial charge in [0.1, 0.15) is 11.6 Å². The number of sulfonamides is 1. The normalized spacial score (nSPS) is 18.1. The molecule has 3 heterocycles. The van der Waals surface area contributed by atoms with E-state index in [0.29, 0.717) is 24.7 Å². The van der Waals surface area contributed by atoms with E-state index in [2.05, 4.69) is 16.0 Å². The third kappa shape index (κ3) is 5.90. The number of aromatic nitrogens is 1. The first kappa shape index (κ1) is 22.4. The monoisotopic (exact) mass is 463 g/mol. The zero-order valence-corrected chi connectivity index (χ0v) is 19.5. The molecule has 0 atom stereocenters. The maximum atomic E-state index is 11.8. The molecule has 0 bridgehead atoms. The summed E-state index contributed by atoms with van der Waals surface area (Å²) in [5.41, 5.74) is 2.27. The fourth-order valence-corrected chi connectivity index (χ4v) is 5.35. The molecule has 1 fully saturated rings. The van der Waals surface area contributed by atoms with Gasteiger partial charge in [0.25, 0.3) is 0 Å². The first-order valence-corrected chi connectivity index (χ1v) is 13.2. The lowest BCUT2D eigenvalue weighted by Crippen LogP contribution is -2.35. The summed E-state index contributed by atoms with van der Waals surface area (Å²) in [5.74, 6) is 2.63. The number of anilines is 1. The van der Waals surface area contributed by atoms with Crippen molar-refractivity contribution in [2.45, 2.75) is 38.6 Å². The minimum absolute atomic E-state index is 0.457. The highest BCUT2D eigenvalue weighted by molar-refractivity contribution is 7.88. The Balaban J connectivity index is 1.18. The largest absolute Gasteiger partial charge is 0.494 e. The van der Waals surface area contributed by atoms with Gasteiger partial charge in [0, 0.05) is 32.4 Å². The predicted molar refractivity (Wildman–Crippen MR) is 124 cm³/mol. The number of pyridine rings is 1. The van der Waals surface area contributed by atoms with Crippen LogP contribution in [0, 0.1) is 5.92 Å². The number of nitrogens with zero attached hydrogens (tertiary/aromatic N) is 3. The van der Waals surface area contributed by atoms with Crippen molar-refractivity contribution in [2.75, 3.05) is 37.4 Å². The van der Waals surface area contributed by atoms with Crippen LogP contribution < -0.4 is 9.64 Å². The molecule has 0 amide bonds. The van der Waals surface area contributed by atoms with Crippen molar-refractivity contribution < 1.29 is 13.2 Å². The zero-order chi connectivity index (χ0) is 21.8. The van der Waals surface area contributed by atoms with Crippen LogP contribution in [0.4, 0.5) is 5.82 Å². The third-order valence-electron chi connectivity index (χ3n) is 6.30. The second-order valence-electron chi connectivity index (χ2n) is 8.53. The van der Waals surface area contributed by atoms with Crippen LogP contribution in [0.5, 0.6) is 5.75 Å². The van der Waals surface area contributed by atoms with Gasteiger partial charge in [-0.05, 0) is 73.4 Å². The lowest BCUT2D eigenvalue weighted by molar-refractivity contribution is 0.278.